The second-order valence-corrected chi connectivity index (χ2v) is 8.77. The van der Waals surface area contributed by atoms with E-state index in [9.17, 15) is 21.4 Å². The molecule has 0 spiro atoms. The molecule has 1 N–H and O–H groups in total. The van der Waals surface area contributed by atoms with E-state index in [4.69, 9.17) is 4.55 Å². The summed E-state index contributed by atoms with van der Waals surface area (Å²) < 4.78 is 65.5. The molecule has 1 aromatic rings. The molecule has 2 rings (SSSR count). The molecule has 0 amide bonds. The summed E-state index contributed by atoms with van der Waals surface area (Å²) in [6, 6.07) is 4.14. The minimum atomic E-state index is -4.52. The van der Waals surface area contributed by atoms with Crippen molar-refractivity contribution < 1.29 is 30.5 Å². The fourth-order valence-electron chi connectivity index (χ4n) is 2.57. The highest BCUT2D eigenvalue weighted by Gasteiger charge is 2.37. The van der Waals surface area contributed by atoms with E-state index >= 15 is 0 Å². The number of nitrogens with zero attached hydrogens (tertiary/aromatic N) is 1. The Morgan fingerprint density at radius 1 is 1.23 bits per heavy atom. The van der Waals surface area contributed by atoms with Crippen LogP contribution in [0.1, 0.15) is 25.8 Å². The van der Waals surface area contributed by atoms with Crippen molar-refractivity contribution in [1.29, 1.82) is 0 Å². The first-order valence-corrected chi connectivity index (χ1v) is 9.60. The zero-order chi connectivity index (χ0) is 16.8. The summed E-state index contributed by atoms with van der Waals surface area (Å²) in [5.74, 6) is -0.347. The van der Waals surface area contributed by atoms with E-state index < -0.39 is 25.7 Å². The normalized spacial score (nSPS) is 17.2. The van der Waals surface area contributed by atoms with Gasteiger partial charge in [-0.2, -0.15) is 8.42 Å². The van der Waals surface area contributed by atoms with E-state index in [2.05, 4.69) is 0 Å². The van der Waals surface area contributed by atoms with Crippen molar-refractivity contribution in [3.63, 3.8) is 0 Å². The van der Waals surface area contributed by atoms with Crippen molar-refractivity contribution in [2.45, 2.75) is 30.6 Å². The van der Waals surface area contributed by atoms with Gasteiger partial charge in [-0.3, -0.25) is 4.55 Å². The van der Waals surface area contributed by atoms with E-state index in [1.165, 1.54) is 12.1 Å². The third-order valence-electron chi connectivity index (χ3n) is 3.54. The molecule has 122 valence electrons. The highest BCUT2D eigenvalue weighted by atomic mass is 32.2. The first-order chi connectivity index (χ1) is 9.90. The van der Waals surface area contributed by atoms with Crippen molar-refractivity contribution >= 4 is 32.1 Å². The van der Waals surface area contributed by atoms with Gasteiger partial charge in [-0.25, -0.2) is 13.0 Å². The standard InChI is InChI=1S/C13H17NO6S2/c1-13(2)9-14(6-3-7-21(15,16)17)12-5-4-10(8-11(12)13)22(18,19)20/h4-5,8-9H,3,6-7H2,1-2H3,(H-,15,16,17,18,19,20). The molecule has 7 nitrogen and oxygen atoms in total. The number of hydrogen-bond donors (Lipinski definition) is 1. The maximum absolute atomic E-state index is 11.1. The van der Waals surface area contributed by atoms with Crippen LogP contribution in [0.5, 0.6) is 0 Å². The molecule has 1 heterocycles. The van der Waals surface area contributed by atoms with Crippen LogP contribution in [0.2, 0.25) is 0 Å². The van der Waals surface area contributed by atoms with E-state index in [0.29, 0.717) is 12.1 Å². The second-order valence-electron chi connectivity index (χ2n) is 5.82. The molecule has 0 radical (unpaired) electrons. The SMILES string of the molecule is CC1(C)C=[N+](CCCS(=O)(=O)O)c2ccc(S(=O)(=O)[O-])cc21. The lowest BCUT2D eigenvalue weighted by molar-refractivity contribution is -0.433. The highest BCUT2D eigenvalue weighted by molar-refractivity contribution is 7.86. The van der Waals surface area contributed by atoms with Crippen LogP contribution in [0.25, 0.3) is 0 Å². The zero-order valence-corrected chi connectivity index (χ0v) is 13.8. The molecule has 0 bridgehead atoms. The Kier molecular flexibility index (Phi) is 4.20. The largest absolute Gasteiger partial charge is 0.744 e. The number of rotatable bonds is 5. The molecule has 0 fully saturated rings. The van der Waals surface area contributed by atoms with E-state index in [-0.39, 0.29) is 17.1 Å². The lowest BCUT2D eigenvalue weighted by atomic mass is 9.87. The minimum absolute atomic E-state index is 0.229. The van der Waals surface area contributed by atoms with Crippen molar-refractivity contribution in [1.82, 2.24) is 0 Å². The van der Waals surface area contributed by atoms with Gasteiger partial charge in [-0.1, -0.05) is 0 Å². The van der Waals surface area contributed by atoms with Crippen LogP contribution in [-0.4, -0.2) is 49.0 Å². The van der Waals surface area contributed by atoms with Gasteiger partial charge in [0.1, 0.15) is 16.7 Å². The molecule has 1 aliphatic heterocycles. The van der Waals surface area contributed by atoms with Gasteiger partial charge in [0, 0.05) is 18.1 Å². The van der Waals surface area contributed by atoms with Crippen LogP contribution in [-0.2, 0) is 25.7 Å². The first-order valence-electron chi connectivity index (χ1n) is 6.58. The van der Waals surface area contributed by atoms with Crippen LogP contribution in [0, 0.1) is 0 Å². The number of fused-ring (bicyclic) bond motifs is 1. The molecular weight excluding hydrogens is 330 g/mol. The fourth-order valence-corrected chi connectivity index (χ4v) is 3.56. The van der Waals surface area contributed by atoms with Gasteiger partial charge in [-0.05, 0) is 26.0 Å². The Labute approximate surface area is 129 Å². The Morgan fingerprint density at radius 3 is 2.41 bits per heavy atom. The fraction of sp³-hybridized carbons (Fsp3) is 0.462. The molecule has 9 heteroatoms. The van der Waals surface area contributed by atoms with E-state index in [1.807, 2.05) is 24.6 Å². The van der Waals surface area contributed by atoms with Crippen molar-refractivity contribution in [3.05, 3.63) is 23.8 Å². The molecule has 0 saturated heterocycles. The third-order valence-corrected chi connectivity index (χ3v) is 5.18. The predicted molar refractivity (Wildman–Crippen MR) is 79.3 cm³/mol. The van der Waals surface area contributed by atoms with Crippen LogP contribution in [0.4, 0.5) is 5.69 Å². The smallest absolute Gasteiger partial charge is 0.265 e. The zero-order valence-electron chi connectivity index (χ0n) is 12.2. The summed E-state index contributed by atoms with van der Waals surface area (Å²) in [6.45, 7) is 4.10. The third kappa shape index (κ3) is 3.72. The summed E-state index contributed by atoms with van der Waals surface area (Å²) in [6.07, 6.45) is 2.08. The summed E-state index contributed by atoms with van der Waals surface area (Å²) in [4.78, 5) is -0.285. The van der Waals surface area contributed by atoms with Crippen LogP contribution >= 0.6 is 0 Å². The van der Waals surface area contributed by atoms with Gasteiger partial charge in [0.05, 0.1) is 16.1 Å². The lowest BCUT2D eigenvalue weighted by Gasteiger charge is -2.13. The van der Waals surface area contributed by atoms with Crippen molar-refractivity contribution in [2.75, 3.05) is 12.3 Å². The first kappa shape index (κ1) is 17.1. The van der Waals surface area contributed by atoms with Gasteiger partial charge >= 0.3 is 0 Å². The Hall–Kier alpha value is -1.29. The van der Waals surface area contributed by atoms with Gasteiger partial charge < -0.3 is 4.55 Å². The molecule has 0 atom stereocenters. The molecule has 0 aromatic heterocycles. The summed E-state index contributed by atoms with van der Waals surface area (Å²) in [5, 5.41) is 0. The molecule has 1 aliphatic rings. The Balaban J connectivity index is 2.32. The second kappa shape index (κ2) is 5.41. The van der Waals surface area contributed by atoms with Gasteiger partial charge in [0.2, 0.25) is 5.69 Å². The lowest BCUT2D eigenvalue weighted by Crippen LogP contribution is -2.18. The predicted octanol–water partition coefficient (Wildman–Crippen LogP) is 0.875. The molecular formula is C13H17NO6S2. The molecule has 0 saturated carbocycles. The van der Waals surface area contributed by atoms with Crippen molar-refractivity contribution in [3.8, 4) is 0 Å². The Bertz CT molecular complexity index is 837. The average Bonchev–Trinajstić information content (AvgIpc) is 2.58. The summed E-state index contributed by atoms with van der Waals surface area (Å²) in [5.41, 5.74) is 0.942. The van der Waals surface area contributed by atoms with Crippen LogP contribution < -0.4 is 0 Å². The molecule has 0 aliphatic carbocycles. The monoisotopic (exact) mass is 347 g/mol. The Morgan fingerprint density at radius 2 is 1.86 bits per heavy atom. The summed E-state index contributed by atoms with van der Waals surface area (Å²) >= 11 is 0. The van der Waals surface area contributed by atoms with E-state index in [0.717, 1.165) is 5.69 Å². The van der Waals surface area contributed by atoms with E-state index in [1.54, 1.807) is 6.07 Å². The topological polar surface area (TPSA) is 115 Å². The maximum Gasteiger partial charge on any atom is 0.265 e. The highest BCUT2D eigenvalue weighted by Crippen LogP contribution is 2.37. The number of hydrogen-bond acceptors (Lipinski definition) is 5. The minimum Gasteiger partial charge on any atom is -0.744 e. The van der Waals surface area contributed by atoms with Crippen molar-refractivity contribution in [2.24, 2.45) is 0 Å². The summed E-state index contributed by atoms with van der Waals surface area (Å²) in [7, 11) is -8.53. The molecule has 0 unspecified atom stereocenters. The maximum atomic E-state index is 11.1. The number of benzene rings is 1. The van der Waals surface area contributed by atoms with Crippen LogP contribution in [0.3, 0.4) is 0 Å². The van der Waals surface area contributed by atoms with Gasteiger partial charge in [-0.15, -0.1) is 0 Å². The quantitative estimate of drug-likeness (QED) is 0.624. The van der Waals surface area contributed by atoms with Gasteiger partial charge in [0.25, 0.3) is 10.1 Å². The van der Waals surface area contributed by atoms with Crippen LogP contribution in [0.15, 0.2) is 23.1 Å². The molecule has 22 heavy (non-hydrogen) atoms. The van der Waals surface area contributed by atoms with Gasteiger partial charge in [0.15, 0.2) is 6.21 Å². The molecule has 1 aromatic carbocycles. The average molecular weight is 347 g/mol.